The lowest BCUT2D eigenvalue weighted by Crippen LogP contribution is -2.07. The van der Waals surface area contributed by atoms with E-state index >= 15 is 0 Å². The van der Waals surface area contributed by atoms with Gasteiger partial charge in [-0.15, -0.1) is 5.10 Å². The molecule has 0 amide bonds. The van der Waals surface area contributed by atoms with Crippen molar-refractivity contribution >= 4 is 22.1 Å². The third-order valence-electron chi connectivity index (χ3n) is 4.58. The summed E-state index contributed by atoms with van der Waals surface area (Å²) in [6.45, 7) is 1.92. The SMILES string of the molecule is Cc1ccn(-c2nc3[nH]ccc(=O)c3cc2-c2ccc3nnn(C)c3c2)n1. The Hall–Kier alpha value is -3.81. The van der Waals surface area contributed by atoms with Crippen LogP contribution < -0.4 is 5.43 Å². The summed E-state index contributed by atoms with van der Waals surface area (Å²) in [6.07, 6.45) is 3.46. The average molecular weight is 357 g/mol. The Morgan fingerprint density at radius 2 is 2.00 bits per heavy atom. The van der Waals surface area contributed by atoms with Crippen molar-refractivity contribution in [2.45, 2.75) is 6.92 Å². The molecule has 4 aromatic heterocycles. The van der Waals surface area contributed by atoms with Gasteiger partial charge in [0.1, 0.15) is 11.2 Å². The molecular formula is C19H15N7O. The Labute approximate surface area is 153 Å². The van der Waals surface area contributed by atoms with Crippen LogP contribution in [0.4, 0.5) is 0 Å². The Morgan fingerprint density at radius 1 is 1.11 bits per heavy atom. The molecule has 0 atom stereocenters. The summed E-state index contributed by atoms with van der Waals surface area (Å²) in [5, 5.41) is 13.2. The third kappa shape index (κ3) is 2.42. The van der Waals surface area contributed by atoms with E-state index in [2.05, 4.69) is 20.4 Å². The predicted molar refractivity (Wildman–Crippen MR) is 102 cm³/mol. The number of hydrogen-bond donors (Lipinski definition) is 1. The monoisotopic (exact) mass is 357 g/mol. The van der Waals surface area contributed by atoms with Crippen LogP contribution in [0.25, 0.3) is 39.0 Å². The van der Waals surface area contributed by atoms with E-state index in [9.17, 15) is 4.79 Å². The molecule has 27 heavy (non-hydrogen) atoms. The number of aromatic amines is 1. The highest BCUT2D eigenvalue weighted by atomic mass is 16.1. The first-order valence-corrected chi connectivity index (χ1v) is 8.45. The second kappa shape index (κ2) is 5.60. The van der Waals surface area contributed by atoms with Gasteiger partial charge in [0, 0.05) is 31.1 Å². The first kappa shape index (κ1) is 15.4. The van der Waals surface area contributed by atoms with Crippen LogP contribution in [0, 0.1) is 6.92 Å². The van der Waals surface area contributed by atoms with Gasteiger partial charge in [-0.2, -0.15) is 5.10 Å². The van der Waals surface area contributed by atoms with E-state index < -0.39 is 0 Å². The minimum Gasteiger partial charge on any atom is -0.346 e. The van der Waals surface area contributed by atoms with Gasteiger partial charge in [0.25, 0.3) is 0 Å². The van der Waals surface area contributed by atoms with Crippen LogP contribution in [0.3, 0.4) is 0 Å². The van der Waals surface area contributed by atoms with Crippen molar-refractivity contribution in [3.05, 3.63) is 64.7 Å². The van der Waals surface area contributed by atoms with Crippen molar-refractivity contribution in [3.8, 4) is 16.9 Å². The van der Waals surface area contributed by atoms with Gasteiger partial charge in [-0.25, -0.2) is 14.3 Å². The highest BCUT2D eigenvalue weighted by Crippen LogP contribution is 2.29. The molecule has 0 unspecified atom stereocenters. The lowest BCUT2D eigenvalue weighted by atomic mass is 10.0. The lowest BCUT2D eigenvalue weighted by Gasteiger charge is -2.11. The summed E-state index contributed by atoms with van der Waals surface area (Å²) in [5.41, 5.74) is 4.76. The first-order valence-electron chi connectivity index (χ1n) is 8.45. The van der Waals surface area contributed by atoms with Gasteiger partial charge in [0.2, 0.25) is 0 Å². The number of fused-ring (bicyclic) bond motifs is 2. The quantitative estimate of drug-likeness (QED) is 0.523. The normalized spacial score (nSPS) is 11.5. The van der Waals surface area contributed by atoms with Crippen LogP contribution in [0.1, 0.15) is 5.69 Å². The van der Waals surface area contributed by atoms with E-state index in [1.54, 1.807) is 15.6 Å². The van der Waals surface area contributed by atoms with E-state index in [1.165, 1.54) is 6.07 Å². The maximum atomic E-state index is 12.3. The van der Waals surface area contributed by atoms with E-state index in [1.807, 2.05) is 50.5 Å². The highest BCUT2D eigenvalue weighted by molar-refractivity contribution is 5.88. The fraction of sp³-hybridized carbons (Fsp3) is 0.105. The number of aryl methyl sites for hydroxylation is 2. The molecule has 0 aliphatic heterocycles. The Bertz CT molecular complexity index is 1380. The van der Waals surface area contributed by atoms with Crippen LogP contribution in [-0.4, -0.2) is 34.7 Å². The third-order valence-corrected chi connectivity index (χ3v) is 4.58. The fourth-order valence-corrected chi connectivity index (χ4v) is 3.21. The van der Waals surface area contributed by atoms with E-state index in [0.717, 1.165) is 27.9 Å². The topological polar surface area (TPSA) is 94.3 Å². The molecule has 4 heterocycles. The molecule has 8 heteroatoms. The number of aromatic nitrogens is 7. The first-order chi connectivity index (χ1) is 13.1. The summed E-state index contributed by atoms with van der Waals surface area (Å²) < 4.78 is 3.44. The van der Waals surface area contributed by atoms with Crippen LogP contribution in [0.5, 0.6) is 0 Å². The molecule has 0 bridgehead atoms. The van der Waals surface area contributed by atoms with Gasteiger partial charge in [0.15, 0.2) is 11.2 Å². The number of H-pyrrole nitrogens is 1. The number of nitrogens with zero attached hydrogens (tertiary/aromatic N) is 6. The molecule has 0 saturated carbocycles. The van der Waals surface area contributed by atoms with Gasteiger partial charge in [0.05, 0.1) is 16.6 Å². The zero-order valence-corrected chi connectivity index (χ0v) is 14.7. The second-order valence-corrected chi connectivity index (χ2v) is 6.42. The number of benzene rings is 1. The van der Waals surface area contributed by atoms with Gasteiger partial charge in [-0.3, -0.25) is 4.79 Å². The molecule has 1 aromatic carbocycles. The molecule has 0 saturated heterocycles. The molecule has 132 valence electrons. The lowest BCUT2D eigenvalue weighted by molar-refractivity contribution is 0.736. The van der Waals surface area contributed by atoms with Crippen LogP contribution in [0.15, 0.2) is 53.6 Å². The molecular weight excluding hydrogens is 342 g/mol. The predicted octanol–water partition coefficient (Wildman–Crippen LogP) is 2.37. The zero-order valence-electron chi connectivity index (χ0n) is 14.7. The van der Waals surface area contributed by atoms with Crippen molar-refractivity contribution in [1.82, 2.24) is 34.7 Å². The summed E-state index contributed by atoms with van der Waals surface area (Å²) >= 11 is 0. The standard InChI is InChI=1S/C19H15N7O/c1-11-6-8-26(23-11)19-13(10-14-17(27)5-7-20-18(14)21-19)12-3-4-15-16(9-12)25(2)24-22-15/h3-10H,1-2H3,(H,20,21,27). The average Bonchev–Trinajstić information content (AvgIpc) is 3.27. The number of hydrogen-bond acceptors (Lipinski definition) is 5. The molecule has 0 aliphatic carbocycles. The number of pyridine rings is 2. The highest BCUT2D eigenvalue weighted by Gasteiger charge is 2.15. The summed E-state index contributed by atoms with van der Waals surface area (Å²) in [6, 6.07) is 11.1. The molecule has 5 rings (SSSR count). The molecule has 0 aliphatic rings. The molecule has 8 nitrogen and oxygen atoms in total. The Kier molecular flexibility index (Phi) is 3.20. The van der Waals surface area contributed by atoms with E-state index in [4.69, 9.17) is 4.98 Å². The van der Waals surface area contributed by atoms with Crippen LogP contribution in [0.2, 0.25) is 0 Å². The van der Waals surface area contributed by atoms with Crippen LogP contribution in [-0.2, 0) is 7.05 Å². The van der Waals surface area contributed by atoms with Crippen molar-refractivity contribution in [2.24, 2.45) is 7.05 Å². The van der Waals surface area contributed by atoms with Crippen molar-refractivity contribution < 1.29 is 0 Å². The van der Waals surface area contributed by atoms with E-state index in [0.29, 0.717) is 16.9 Å². The maximum Gasteiger partial charge on any atom is 0.191 e. The zero-order chi connectivity index (χ0) is 18.5. The Balaban J connectivity index is 1.86. The minimum absolute atomic E-state index is 0.0797. The molecule has 0 fully saturated rings. The molecule has 0 radical (unpaired) electrons. The minimum atomic E-state index is -0.0797. The van der Waals surface area contributed by atoms with Gasteiger partial charge in [-0.05, 0) is 36.8 Å². The van der Waals surface area contributed by atoms with Crippen molar-refractivity contribution in [2.75, 3.05) is 0 Å². The summed E-state index contributed by atoms with van der Waals surface area (Å²) in [5.74, 6) is 0.645. The molecule has 1 N–H and O–H groups in total. The van der Waals surface area contributed by atoms with Crippen molar-refractivity contribution in [3.63, 3.8) is 0 Å². The smallest absolute Gasteiger partial charge is 0.191 e. The van der Waals surface area contributed by atoms with Gasteiger partial charge < -0.3 is 4.98 Å². The van der Waals surface area contributed by atoms with Crippen LogP contribution >= 0.6 is 0 Å². The summed E-state index contributed by atoms with van der Waals surface area (Å²) in [4.78, 5) is 20.1. The number of rotatable bonds is 2. The largest absolute Gasteiger partial charge is 0.346 e. The Morgan fingerprint density at radius 3 is 2.81 bits per heavy atom. The van der Waals surface area contributed by atoms with Crippen molar-refractivity contribution in [1.29, 1.82) is 0 Å². The summed E-state index contributed by atoms with van der Waals surface area (Å²) in [7, 11) is 1.85. The number of nitrogens with one attached hydrogen (secondary N) is 1. The van der Waals surface area contributed by atoms with E-state index in [-0.39, 0.29) is 5.43 Å². The molecule has 0 spiro atoms. The maximum absolute atomic E-state index is 12.3. The second-order valence-electron chi connectivity index (χ2n) is 6.42. The van der Waals surface area contributed by atoms with Gasteiger partial charge in [-0.1, -0.05) is 11.3 Å². The van der Waals surface area contributed by atoms with Gasteiger partial charge >= 0.3 is 0 Å². The fourth-order valence-electron chi connectivity index (χ4n) is 3.21. The molecule has 5 aromatic rings.